The van der Waals surface area contributed by atoms with E-state index in [0.717, 1.165) is 39.3 Å². The van der Waals surface area contributed by atoms with Crippen LogP contribution in [0.4, 0.5) is 4.39 Å². The van der Waals surface area contributed by atoms with Gasteiger partial charge in [-0.3, -0.25) is 9.69 Å². The zero-order valence-corrected chi connectivity index (χ0v) is 13.9. The Morgan fingerprint density at radius 3 is 2.91 bits per heavy atom. The highest BCUT2D eigenvalue weighted by atomic mass is 79.9. The van der Waals surface area contributed by atoms with Gasteiger partial charge in [-0.25, -0.2) is 4.39 Å². The number of carbonyl (C=O) groups excluding carboxylic acids is 1. The molecule has 2 rings (SSSR count). The van der Waals surface area contributed by atoms with Crippen molar-refractivity contribution in [2.24, 2.45) is 0 Å². The fourth-order valence-corrected chi connectivity index (χ4v) is 2.61. The average molecular weight is 375 g/mol. The Morgan fingerprint density at radius 2 is 2.18 bits per heavy atom. The van der Waals surface area contributed by atoms with Gasteiger partial charge in [-0.05, 0) is 47.1 Å². The van der Waals surface area contributed by atoms with Gasteiger partial charge >= 0.3 is 0 Å². The maximum atomic E-state index is 12.9. The van der Waals surface area contributed by atoms with Crippen molar-refractivity contribution in [3.63, 3.8) is 0 Å². The normalized spacial score (nSPS) is 15.5. The molecule has 1 heterocycles. The van der Waals surface area contributed by atoms with Gasteiger partial charge < -0.3 is 14.8 Å². The summed E-state index contributed by atoms with van der Waals surface area (Å²) in [7, 11) is 0. The van der Waals surface area contributed by atoms with Gasteiger partial charge in [0, 0.05) is 19.6 Å². The Bertz CT molecular complexity index is 496. The molecule has 1 fully saturated rings. The fourth-order valence-electron chi connectivity index (χ4n) is 2.14. The molecule has 1 aliphatic heterocycles. The summed E-state index contributed by atoms with van der Waals surface area (Å²) in [5.41, 5.74) is 0. The monoisotopic (exact) mass is 374 g/mol. The third-order valence-corrected chi connectivity index (χ3v) is 3.95. The molecule has 1 aliphatic rings. The molecule has 1 aromatic carbocycles. The van der Waals surface area contributed by atoms with Crippen molar-refractivity contribution in [1.82, 2.24) is 10.2 Å². The predicted octanol–water partition coefficient (Wildman–Crippen LogP) is 1.81. The first-order valence-corrected chi connectivity index (χ1v) is 8.09. The van der Waals surface area contributed by atoms with Gasteiger partial charge in [0.15, 0.2) is 6.61 Å². The molecule has 0 bridgehead atoms. The Kier molecular flexibility index (Phi) is 7.08. The van der Waals surface area contributed by atoms with Gasteiger partial charge in [-0.15, -0.1) is 0 Å². The topological polar surface area (TPSA) is 50.8 Å². The highest BCUT2D eigenvalue weighted by molar-refractivity contribution is 9.10. The van der Waals surface area contributed by atoms with Crippen molar-refractivity contribution in [2.45, 2.75) is 6.42 Å². The molecule has 0 radical (unpaired) electrons. The molecule has 22 heavy (non-hydrogen) atoms. The van der Waals surface area contributed by atoms with Crippen LogP contribution < -0.4 is 10.1 Å². The fraction of sp³-hybridized carbons (Fsp3) is 0.533. The van der Waals surface area contributed by atoms with Crippen LogP contribution in [0.15, 0.2) is 22.7 Å². The van der Waals surface area contributed by atoms with E-state index in [1.54, 1.807) is 0 Å². The van der Waals surface area contributed by atoms with Gasteiger partial charge in [0.05, 0.1) is 17.7 Å². The molecule has 0 saturated carbocycles. The zero-order chi connectivity index (χ0) is 15.8. The summed E-state index contributed by atoms with van der Waals surface area (Å²) >= 11 is 3.19. The lowest BCUT2D eigenvalue weighted by molar-refractivity contribution is -0.123. The summed E-state index contributed by atoms with van der Waals surface area (Å²) in [5, 5.41) is 2.81. The third kappa shape index (κ3) is 5.90. The summed E-state index contributed by atoms with van der Waals surface area (Å²) in [4.78, 5) is 14.0. The molecule has 0 aromatic heterocycles. The zero-order valence-electron chi connectivity index (χ0n) is 12.3. The van der Waals surface area contributed by atoms with Crippen LogP contribution in [0.25, 0.3) is 0 Å². The number of nitrogens with zero attached hydrogens (tertiary/aromatic N) is 1. The Hall–Kier alpha value is -1.18. The number of hydrogen-bond donors (Lipinski definition) is 1. The molecule has 7 heteroatoms. The second kappa shape index (κ2) is 9.07. The van der Waals surface area contributed by atoms with Crippen LogP contribution in [0.1, 0.15) is 6.42 Å². The van der Waals surface area contributed by atoms with E-state index in [1.165, 1.54) is 18.2 Å². The molecule has 1 N–H and O–H groups in total. The third-order valence-electron chi connectivity index (χ3n) is 3.33. The van der Waals surface area contributed by atoms with E-state index in [4.69, 9.17) is 9.47 Å². The van der Waals surface area contributed by atoms with Crippen LogP contribution in [0.3, 0.4) is 0 Å². The van der Waals surface area contributed by atoms with Crippen molar-refractivity contribution < 1.29 is 18.7 Å². The second-order valence-electron chi connectivity index (χ2n) is 5.02. The lowest BCUT2D eigenvalue weighted by Gasteiger charge is -2.26. The van der Waals surface area contributed by atoms with E-state index in [-0.39, 0.29) is 18.3 Å². The van der Waals surface area contributed by atoms with Crippen LogP contribution in [-0.2, 0) is 9.53 Å². The smallest absolute Gasteiger partial charge is 0.257 e. The summed E-state index contributed by atoms with van der Waals surface area (Å²) < 4.78 is 24.0. The van der Waals surface area contributed by atoms with E-state index in [0.29, 0.717) is 16.8 Å². The number of nitrogens with one attached hydrogen (secondary N) is 1. The first kappa shape index (κ1) is 17.2. The Balaban J connectivity index is 1.59. The van der Waals surface area contributed by atoms with E-state index >= 15 is 0 Å². The second-order valence-corrected chi connectivity index (χ2v) is 5.88. The van der Waals surface area contributed by atoms with Gasteiger partial charge in [-0.2, -0.15) is 0 Å². The molecule has 1 amide bonds. The Morgan fingerprint density at radius 1 is 1.41 bits per heavy atom. The van der Waals surface area contributed by atoms with Gasteiger partial charge in [0.2, 0.25) is 0 Å². The summed E-state index contributed by atoms with van der Waals surface area (Å²) in [5.74, 6) is -0.0881. The molecule has 0 aliphatic carbocycles. The summed E-state index contributed by atoms with van der Waals surface area (Å²) in [6, 6.07) is 4.08. The van der Waals surface area contributed by atoms with Gasteiger partial charge in [0.1, 0.15) is 11.6 Å². The van der Waals surface area contributed by atoms with Crippen molar-refractivity contribution in [2.75, 3.05) is 46.0 Å². The quantitative estimate of drug-likeness (QED) is 0.739. The number of carbonyl (C=O) groups is 1. The molecule has 1 saturated heterocycles. The van der Waals surface area contributed by atoms with E-state index < -0.39 is 0 Å². The minimum absolute atomic E-state index is 0.0816. The first-order chi connectivity index (χ1) is 10.6. The average Bonchev–Trinajstić information content (AvgIpc) is 2.52. The van der Waals surface area contributed by atoms with Crippen molar-refractivity contribution in [3.05, 3.63) is 28.5 Å². The van der Waals surface area contributed by atoms with E-state index in [9.17, 15) is 9.18 Å². The number of rotatable bonds is 7. The molecular weight excluding hydrogens is 355 g/mol. The number of morpholine rings is 1. The van der Waals surface area contributed by atoms with Crippen molar-refractivity contribution in [1.29, 1.82) is 0 Å². The van der Waals surface area contributed by atoms with Crippen molar-refractivity contribution in [3.8, 4) is 5.75 Å². The van der Waals surface area contributed by atoms with Gasteiger partial charge in [-0.1, -0.05) is 0 Å². The number of halogens is 2. The number of benzene rings is 1. The number of amides is 1. The molecule has 1 aromatic rings. The molecule has 0 spiro atoms. The minimum atomic E-state index is -0.355. The molecule has 5 nitrogen and oxygen atoms in total. The van der Waals surface area contributed by atoms with Crippen LogP contribution >= 0.6 is 15.9 Å². The molecular formula is C15H20BrFN2O3. The largest absolute Gasteiger partial charge is 0.483 e. The molecule has 122 valence electrons. The van der Waals surface area contributed by atoms with Crippen molar-refractivity contribution >= 4 is 21.8 Å². The first-order valence-electron chi connectivity index (χ1n) is 7.30. The SMILES string of the molecule is O=C(COc1ccc(F)cc1Br)NCCCN1CCOCC1. The highest BCUT2D eigenvalue weighted by Gasteiger charge is 2.10. The number of ether oxygens (including phenoxy) is 2. The minimum Gasteiger partial charge on any atom is -0.483 e. The number of hydrogen-bond acceptors (Lipinski definition) is 4. The van der Waals surface area contributed by atoms with Crippen LogP contribution in [-0.4, -0.2) is 56.8 Å². The van der Waals surface area contributed by atoms with E-state index in [1.807, 2.05) is 0 Å². The maximum absolute atomic E-state index is 12.9. The standard InChI is InChI=1S/C15H20BrFN2O3/c16-13-10-12(17)2-3-14(13)22-11-15(20)18-4-1-5-19-6-8-21-9-7-19/h2-3,10H,1,4-9,11H2,(H,18,20). The maximum Gasteiger partial charge on any atom is 0.257 e. The summed E-state index contributed by atoms with van der Waals surface area (Å²) in [6.45, 7) is 4.96. The molecule has 0 atom stereocenters. The summed E-state index contributed by atoms with van der Waals surface area (Å²) in [6.07, 6.45) is 0.895. The Labute approximate surface area is 137 Å². The van der Waals surface area contributed by atoms with Gasteiger partial charge in [0.25, 0.3) is 5.91 Å². The predicted molar refractivity (Wildman–Crippen MR) is 84.5 cm³/mol. The van der Waals surface area contributed by atoms with Crippen LogP contribution in [0.2, 0.25) is 0 Å². The van der Waals surface area contributed by atoms with Crippen LogP contribution in [0, 0.1) is 5.82 Å². The highest BCUT2D eigenvalue weighted by Crippen LogP contribution is 2.25. The lowest BCUT2D eigenvalue weighted by atomic mass is 10.3. The van der Waals surface area contributed by atoms with E-state index in [2.05, 4.69) is 26.1 Å². The van der Waals surface area contributed by atoms with Crippen LogP contribution in [0.5, 0.6) is 5.75 Å². The molecule has 0 unspecified atom stereocenters. The lowest BCUT2D eigenvalue weighted by Crippen LogP contribution is -2.38.